The number of alkyl halides is 3. The van der Waals surface area contributed by atoms with Crippen LogP contribution < -0.4 is 0 Å². The van der Waals surface area contributed by atoms with E-state index in [1.54, 1.807) is 0 Å². The first kappa shape index (κ1) is 12.0. The zero-order valence-corrected chi connectivity index (χ0v) is 8.51. The maximum absolute atomic E-state index is 12.7. The summed E-state index contributed by atoms with van der Waals surface area (Å²) in [6.45, 7) is 0. The van der Waals surface area contributed by atoms with Crippen molar-refractivity contribution in [3.8, 4) is 11.4 Å². The minimum absolute atomic E-state index is 0.356. The summed E-state index contributed by atoms with van der Waals surface area (Å²) in [7, 11) is 0. The molecule has 2 rings (SSSR count). The van der Waals surface area contributed by atoms with E-state index < -0.39 is 27.9 Å². The van der Waals surface area contributed by atoms with Crippen molar-refractivity contribution in [1.29, 1.82) is 0 Å². The maximum Gasteiger partial charge on any atom is 0.417 e. The summed E-state index contributed by atoms with van der Waals surface area (Å²) in [4.78, 5) is 13.2. The van der Waals surface area contributed by atoms with Gasteiger partial charge in [-0.1, -0.05) is 5.16 Å². The summed E-state index contributed by atoms with van der Waals surface area (Å²) in [6, 6.07) is 2.14. The van der Waals surface area contributed by atoms with E-state index in [1.807, 2.05) is 0 Å². The number of aromatic nitrogens is 2. The van der Waals surface area contributed by atoms with E-state index in [-0.39, 0.29) is 5.82 Å². The van der Waals surface area contributed by atoms with Gasteiger partial charge in [0.15, 0.2) is 0 Å². The Morgan fingerprint density at radius 3 is 2.56 bits per heavy atom. The molecular formula is C9H4F3N3O3. The molecule has 0 fully saturated rings. The predicted molar refractivity (Wildman–Crippen MR) is 51.4 cm³/mol. The Labute approximate surface area is 97.2 Å². The van der Waals surface area contributed by atoms with Gasteiger partial charge >= 0.3 is 6.18 Å². The van der Waals surface area contributed by atoms with Crippen LogP contribution in [0.4, 0.5) is 18.9 Å². The summed E-state index contributed by atoms with van der Waals surface area (Å²) in [6.07, 6.45) is -3.82. The summed E-state index contributed by atoms with van der Waals surface area (Å²) < 4.78 is 42.5. The van der Waals surface area contributed by atoms with Crippen molar-refractivity contribution in [2.24, 2.45) is 0 Å². The van der Waals surface area contributed by atoms with Crippen LogP contribution in [0.1, 0.15) is 5.56 Å². The van der Waals surface area contributed by atoms with Crippen molar-refractivity contribution in [2.45, 2.75) is 6.18 Å². The third kappa shape index (κ3) is 2.14. The van der Waals surface area contributed by atoms with Crippen LogP contribution in [-0.4, -0.2) is 15.1 Å². The number of hydrogen-bond donors (Lipinski definition) is 0. The van der Waals surface area contributed by atoms with Crippen LogP contribution >= 0.6 is 0 Å². The lowest BCUT2D eigenvalue weighted by Crippen LogP contribution is -2.08. The number of nitro benzene ring substituents is 1. The van der Waals surface area contributed by atoms with Gasteiger partial charge < -0.3 is 4.52 Å². The van der Waals surface area contributed by atoms with Gasteiger partial charge in [0.2, 0.25) is 12.2 Å². The zero-order valence-electron chi connectivity index (χ0n) is 8.51. The molecule has 0 aliphatic heterocycles. The molecule has 0 aliphatic carbocycles. The van der Waals surface area contributed by atoms with E-state index in [9.17, 15) is 23.3 Å². The standard InChI is InChI=1S/C9H4F3N3O3/c10-9(11,12)7-2-1-5(15(16)17)3-6(7)8-13-4-18-14-8/h1-4H. The molecule has 0 aliphatic rings. The van der Waals surface area contributed by atoms with E-state index in [0.29, 0.717) is 6.07 Å². The average Bonchev–Trinajstić information content (AvgIpc) is 2.80. The SMILES string of the molecule is O=[N+]([O-])c1ccc(C(F)(F)F)c(-c2ncon2)c1. The lowest BCUT2D eigenvalue weighted by molar-refractivity contribution is -0.384. The van der Waals surface area contributed by atoms with Gasteiger partial charge in [0.05, 0.1) is 10.5 Å². The number of rotatable bonds is 2. The molecule has 0 atom stereocenters. The van der Waals surface area contributed by atoms with E-state index in [0.717, 1.165) is 18.5 Å². The second-order valence-electron chi connectivity index (χ2n) is 3.24. The second kappa shape index (κ2) is 4.09. The molecule has 1 aromatic heterocycles. The van der Waals surface area contributed by atoms with Crippen molar-refractivity contribution < 1.29 is 22.6 Å². The average molecular weight is 259 g/mol. The molecule has 94 valence electrons. The Bertz CT molecular complexity index is 580. The van der Waals surface area contributed by atoms with Crippen LogP contribution in [-0.2, 0) is 6.18 Å². The second-order valence-corrected chi connectivity index (χ2v) is 3.24. The van der Waals surface area contributed by atoms with Gasteiger partial charge in [-0.05, 0) is 6.07 Å². The van der Waals surface area contributed by atoms with Crippen LogP contribution in [0.2, 0.25) is 0 Å². The Hall–Kier alpha value is -2.45. The normalized spacial score (nSPS) is 11.5. The topological polar surface area (TPSA) is 82.1 Å². The van der Waals surface area contributed by atoms with Gasteiger partial charge in [0, 0.05) is 17.7 Å². The van der Waals surface area contributed by atoms with Crippen molar-refractivity contribution >= 4 is 5.69 Å². The minimum atomic E-state index is -4.66. The van der Waals surface area contributed by atoms with Crippen LogP contribution in [0, 0.1) is 10.1 Å². The van der Waals surface area contributed by atoms with Crippen LogP contribution in [0.25, 0.3) is 11.4 Å². The van der Waals surface area contributed by atoms with Gasteiger partial charge in [-0.3, -0.25) is 10.1 Å². The molecule has 18 heavy (non-hydrogen) atoms. The molecule has 0 spiro atoms. The van der Waals surface area contributed by atoms with E-state index in [4.69, 9.17) is 0 Å². The number of halogens is 3. The minimum Gasteiger partial charge on any atom is -0.342 e. The number of nitro groups is 1. The molecule has 1 aromatic carbocycles. The van der Waals surface area contributed by atoms with E-state index in [2.05, 4.69) is 14.7 Å². The van der Waals surface area contributed by atoms with Crippen LogP contribution in [0.3, 0.4) is 0 Å². The highest BCUT2D eigenvalue weighted by Gasteiger charge is 2.35. The lowest BCUT2D eigenvalue weighted by atomic mass is 10.1. The Balaban J connectivity index is 2.65. The van der Waals surface area contributed by atoms with Gasteiger partial charge in [0.1, 0.15) is 0 Å². The quantitative estimate of drug-likeness (QED) is 0.611. The Kier molecular flexibility index (Phi) is 2.73. The highest BCUT2D eigenvalue weighted by molar-refractivity contribution is 5.64. The molecule has 0 bridgehead atoms. The first-order chi connectivity index (χ1) is 8.39. The van der Waals surface area contributed by atoms with Crippen LogP contribution in [0.5, 0.6) is 0 Å². The lowest BCUT2D eigenvalue weighted by Gasteiger charge is -2.09. The molecular weight excluding hydrogens is 255 g/mol. The van der Waals surface area contributed by atoms with Crippen molar-refractivity contribution in [2.75, 3.05) is 0 Å². The largest absolute Gasteiger partial charge is 0.417 e. The summed E-state index contributed by atoms with van der Waals surface area (Å²) in [5.41, 5.74) is -2.04. The molecule has 2 aromatic rings. The number of nitrogens with zero attached hydrogens (tertiary/aromatic N) is 3. The van der Waals surface area contributed by atoms with Crippen molar-refractivity contribution in [1.82, 2.24) is 10.1 Å². The maximum atomic E-state index is 12.7. The highest BCUT2D eigenvalue weighted by Crippen LogP contribution is 2.37. The molecule has 1 heterocycles. The highest BCUT2D eigenvalue weighted by atomic mass is 19.4. The summed E-state index contributed by atoms with van der Waals surface area (Å²) >= 11 is 0. The fraction of sp³-hybridized carbons (Fsp3) is 0.111. The molecule has 0 radical (unpaired) electrons. The number of hydrogen-bond acceptors (Lipinski definition) is 5. The summed E-state index contributed by atoms with van der Waals surface area (Å²) in [5, 5.41) is 13.8. The van der Waals surface area contributed by atoms with E-state index >= 15 is 0 Å². The first-order valence-electron chi connectivity index (χ1n) is 4.52. The fourth-order valence-corrected chi connectivity index (χ4v) is 1.37. The van der Waals surface area contributed by atoms with Crippen molar-refractivity contribution in [3.63, 3.8) is 0 Å². The molecule has 0 N–H and O–H groups in total. The third-order valence-corrected chi connectivity index (χ3v) is 2.12. The van der Waals surface area contributed by atoms with Gasteiger partial charge in [-0.25, -0.2) is 0 Å². The third-order valence-electron chi connectivity index (χ3n) is 2.12. The number of benzene rings is 1. The molecule has 6 nitrogen and oxygen atoms in total. The molecule has 0 unspecified atom stereocenters. The van der Waals surface area contributed by atoms with Gasteiger partial charge in [-0.2, -0.15) is 18.2 Å². The smallest absolute Gasteiger partial charge is 0.342 e. The van der Waals surface area contributed by atoms with Crippen LogP contribution in [0.15, 0.2) is 29.1 Å². The van der Waals surface area contributed by atoms with Crippen molar-refractivity contribution in [3.05, 3.63) is 40.3 Å². The molecule has 9 heteroatoms. The fourth-order valence-electron chi connectivity index (χ4n) is 1.37. The van der Waals surface area contributed by atoms with Gasteiger partial charge in [0.25, 0.3) is 5.69 Å². The predicted octanol–water partition coefficient (Wildman–Crippen LogP) is 2.66. The Morgan fingerprint density at radius 1 is 1.33 bits per heavy atom. The van der Waals surface area contributed by atoms with E-state index in [1.165, 1.54) is 0 Å². The Morgan fingerprint density at radius 2 is 2.06 bits per heavy atom. The first-order valence-corrected chi connectivity index (χ1v) is 4.52. The molecule has 0 saturated heterocycles. The summed E-state index contributed by atoms with van der Waals surface area (Å²) in [5.74, 6) is -0.356. The van der Waals surface area contributed by atoms with Gasteiger partial charge in [-0.15, -0.1) is 0 Å². The zero-order chi connectivity index (χ0) is 13.3. The monoisotopic (exact) mass is 259 g/mol. The number of non-ortho nitro benzene ring substituents is 1. The molecule has 0 amide bonds. The molecule has 0 saturated carbocycles.